The fraction of sp³-hybridized carbons (Fsp3) is 0. The van der Waals surface area contributed by atoms with Crippen molar-refractivity contribution in [2.45, 2.75) is 0 Å². The van der Waals surface area contributed by atoms with Crippen molar-refractivity contribution in [3.63, 3.8) is 0 Å². The molecule has 2 aromatic heterocycles. The average Bonchev–Trinajstić information content (AvgIpc) is 3.10. The molecule has 0 aliphatic rings. The van der Waals surface area contributed by atoms with Crippen LogP contribution in [0.5, 0.6) is 0 Å². The Kier molecular flexibility index (Phi) is 2.67. The summed E-state index contributed by atoms with van der Waals surface area (Å²) in [5.74, 6) is 0. The molecule has 5 aromatic rings. The topological polar surface area (TPSA) is 4.93 Å². The maximum Gasteiger partial charge on any atom is 0.142 e. The average molecular weight is 311 g/mol. The molecule has 1 nitrogen and oxygen atoms in total. The van der Waals surface area contributed by atoms with Crippen LogP contribution in [0.3, 0.4) is 0 Å². The minimum Gasteiger partial charge on any atom is -0.301 e. The Hall–Kier alpha value is -2.52. The standard InChI is InChI=1S/C20H14BNS/c21-15-9-3-5-11-17(15)22-16-10-4-1-7-13(16)19-14-8-2-6-12-18(14)23-20(19)22/h1-12H,21H2. The van der Waals surface area contributed by atoms with Gasteiger partial charge in [0.25, 0.3) is 0 Å². The lowest BCUT2D eigenvalue weighted by atomic mass is 9.94. The highest BCUT2D eigenvalue weighted by atomic mass is 32.1. The van der Waals surface area contributed by atoms with E-state index in [1.165, 1.54) is 42.4 Å². The third kappa shape index (κ3) is 1.74. The third-order valence-corrected chi connectivity index (χ3v) is 5.71. The maximum absolute atomic E-state index is 2.42. The zero-order valence-corrected chi connectivity index (χ0v) is 13.6. The van der Waals surface area contributed by atoms with Crippen LogP contribution in [0.1, 0.15) is 0 Å². The predicted octanol–water partition coefficient (Wildman–Crippen LogP) is 4.26. The molecule has 0 fully saturated rings. The van der Waals surface area contributed by atoms with Gasteiger partial charge in [-0.1, -0.05) is 60.1 Å². The summed E-state index contributed by atoms with van der Waals surface area (Å²) >= 11 is 1.88. The van der Waals surface area contributed by atoms with Crippen molar-refractivity contribution >= 4 is 55.9 Å². The van der Waals surface area contributed by atoms with Crippen LogP contribution in [0.4, 0.5) is 0 Å². The van der Waals surface area contributed by atoms with E-state index in [1.807, 2.05) is 11.3 Å². The van der Waals surface area contributed by atoms with Gasteiger partial charge >= 0.3 is 0 Å². The first kappa shape index (κ1) is 13.0. The van der Waals surface area contributed by atoms with Gasteiger partial charge in [0.15, 0.2) is 0 Å². The fourth-order valence-electron chi connectivity index (χ4n) is 3.49. The van der Waals surface area contributed by atoms with Crippen LogP contribution in [0.15, 0.2) is 72.8 Å². The van der Waals surface area contributed by atoms with Gasteiger partial charge in [0.1, 0.15) is 12.7 Å². The quantitative estimate of drug-likeness (QED) is 0.408. The fourth-order valence-corrected chi connectivity index (χ4v) is 4.74. The number of benzene rings is 3. The van der Waals surface area contributed by atoms with Gasteiger partial charge in [-0.3, -0.25) is 0 Å². The van der Waals surface area contributed by atoms with Crippen LogP contribution in [0, 0.1) is 0 Å². The van der Waals surface area contributed by atoms with Gasteiger partial charge in [-0.15, -0.1) is 11.3 Å². The summed E-state index contributed by atoms with van der Waals surface area (Å²) in [5, 5.41) is 4.07. The van der Waals surface area contributed by atoms with E-state index in [4.69, 9.17) is 0 Å². The van der Waals surface area contributed by atoms with Crippen LogP contribution in [-0.4, -0.2) is 12.4 Å². The zero-order valence-electron chi connectivity index (χ0n) is 12.8. The van der Waals surface area contributed by atoms with Gasteiger partial charge in [0.05, 0.1) is 5.52 Å². The molecule has 0 saturated carbocycles. The first-order chi connectivity index (χ1) is 11.3. The Morgan fingerprint density at radius 1 is 0.739 bits per heavy atom. The second-order valence-electron chi connectivity index (χ2n) is 5.92. The SMILES string of the molecule is Bc1ccccc1-n1c2ccccc2c2c3ccccc3sc21. The second kappa shape index (κ2) is 4.74. The van der Waals surface area contributed by atoms with Gasteiger partial charge < -0.3 is 4.57 Å². The van der Waals surface area contributed by atoms with Crippen molar-refractivity contribution in [1.82, 2.24) is 4.57 Å². The van der Waals surface area contributed by atoms with E-state index in [2.05, 4.69) is 85.2 Å². The summed E-state index contributed by atoms with van der Waals surface area (Å²) in [6.07, 6.45) is 0. The lowest BCUT2D eigenvalue weighted by molar-refractivity contribution is 1.21. The minimum atomic E-state index is 1.27. The number of para-hydroxylation sites is 2. The Morgan fingerprint density at radius 2 is 1.43 bits per heavy atom. The molecular formula is C20H14BNS. The van der Waals surface area contributed by atoms with Crippen LogP contribution >= 0.6 is 11.3 Å². The molecule has 0 N–H and O–H groups in total. The van der Waals surface area contributed by atoms with E-state index in [1.54, 1.807) is 0 Å². The van der Waals surface area contributed by atoms with Crippen molar-refractivity contribution in [3.05, 3.63) is 72.8 Å². The Bertz CT molecular complexity index is 1180. The monoisotopic (exact) mass is 311 g/mol. The van der Waals surface area contributed by atoms with E-state index in [-0.39, 0.29) is 0 Å². The first-order valence-corrected chi connectivity index (χ1v) is 8.63. The molecule has 2 heterocycles. The van der Waals surface area contributed by atoms with E-state index in [0.717, 1.165) is 0 Å². The van der Waals surface area contributed by atoms with Crippen molar-refractivity contribution in [1.29, 1.82) is 0 Å². The lowest BCUT2D eigenvalue weighted by Gasteiger charge is -2.09. The molecule has 0 unspecified atom stereocenters. The molecule has 0 aliphatic carbocycles. The van der Waals surface area contributed by atoms with E-state index in [0.29, 0.717) is 0 Å². The largest absolute Gasteiger partial charge is 0.301 e. The molecular weight excluding hydrogens is 297 g/mol. The minimum absolute atomic E-state index is 1.27. The molecule has 0 atom stereocenters. The van der Waals surface area contributed by atoms with Crippen molar-refractivity contribution in [2.24, 2.45) is 0 Å². The van der Waals surface area contributed by atoms with Crippen molar-refractivity contribution in [2.75, 3.05) is 0 Å². The van der Waals surface area contributed by atoms with Crippen LogP contribution in [0.2, 0.25) is 0 Å². The van der Waals surface area contributed by atoms with Gasteiger partial charge in [-0.05, 0) is 18.2 Å². The molecule has 0 spiro atoms. The van der Waals surface area contributed by atoms with Crippen molar-refractivity contribution in [3.8, 4) is 5.69 Å². The predicted molar refractivity (Wildman–Crippen MR) is 104 cm³/mol. The number of hydrogen-bond acceptors (Lipinski definition) is 1. The molecule has 108 valence electrons. The number of aromatic nitrogens is 1. The summed E-state index contributed by atoms with van der Waals surface area (Å²) in [7, 11) is 2.18. The highest BCUT2D eigenvalue weighted by Crippen LogP contribution is 2.41. The molecule has 0 bridgehead atoms. The summed E-state index contributed by atoms with van der Waals surface area (Å²) in [4.78, 5) is 1.33. The third-order valence-electron chi connectivity index (χ3n) is 4.55. The van der Waals surface area contributed by atoms with Crippen LogP contribution in [0.25, 0.3) is 36.9 Å². The maximum atomic E-state index is 2.42. The number of rotatable bonds is 1. The van der Waals surface area contributed by atoms with E-state index < -0.39 is 0 Å². The van der Waals surface area contributed by atoms with Crippen LogP contribution < -0.4 is 5.46 Å². The summed E-state index contributed by atoms with van der Waals surface area (Å²) in [5.41, 5.74) is 3.85. The Morgan fingerprint density at radius 3 is 2.30 bits per heavy atom. The highest BCUT2D eigenvalue weighted by Gasteiger charge is 2.17. The highest BCUT2D eigenvalue weighted by molar-refractivity contribution is 7.25. The molecule has 23 heavy (non-hydrogen) atoms. The number of hydrogen-bond donors (Lipinski definition) is 0. The summed E-state index contributed by atoms with van der Waals surface area (Å²) in [6, 6.07) is 26.1. The van der Waals surface area contributed by atoms with Gasteiger partial charge in [-0.2, -0.15) is 0 Å². The Labute approximate surface area is 139 Å². The van der Waals surface area contributed by atoms with Gasteiger partial charge in [-0.25, -0.2) is 0 Å². The number of nitrogens with zero attached hydrogens (tertiary/aromatic N) is 1. The smallest absolute Gasteiger partial charge is 0.142 e. The number of thiophene rings is 1. The molecule has 0 aliphatic heterocycles. The zero-order chi connectivity index (χ0) is 15.4. The molecule has 5 rings (SSSR count). The second-order valence-corrected chi connectivity index (χ2v) is 6.95. The molecule has 0 radical (unpaired) electrons. The number of fused-ring (bicyclic) bond motifs is 5. The lowest BCUT2D eigenvalue weighted by Crippen LogP contribution is -2.11. The normalized spacial score (nSPS) is 11.7. The Balaban J connectivity index is 2.07. The van der Waals surface area contributed by atoms with Gasteiger partial charge in [0.2, 0.25) is 0 Å². The van der Waals surface area contributed by atoms with Crippen LogP contribution in [-0.2, 0) is 0 Å². The molecule has 0 amide bonds. The summed E-state index contributed by atoms with van der Waals surface area (Å²) < 4.78 is 3.77. The molecule has 3 heteroatoms. The van der Waals surface area contributed by atoms with E-state index >= 15 is 0 Å². The molecule has 0 saturated heterocycles. The van der Waals surface area contributed by atoms with E-state index in [9.17, 15) is 0 Å². The van der Waals surface area contributed by atoms with Gasteiger partial charge in [0, 0.05) is 26.5 Å². The summed E-state index contributed by atoms with van der Waals surface area (Å²) in [6.45, 7) is 0. The van der Waals surface area contributed by atoms with Crippen molar-refractivity contribution < 1.29 is 0 Å². The first-order valence-electron chi connectivity index (χ1n) is 7.81. The molecule has 3 aromatic carbocycles.